The van der Waals surface area contributed by atoms with Crippen LogP contribution in [0.15, 0.2) is 70.9 Å². The molecule has 0 unspecified atom stereocenters. The first kappa shape index (κ1) is 21.0. The van der Waals surface area contributed by atoms with Crippen LogP contribution in [0.1, 0.15) is 27.7 Å². The second-order valence-electron chi connectivity index (χ2n) is 6.12. The molecule has 0 aliphatic rings. The van der Waals surface area contributed by atoms with Crippen LogP contribution in [-0.2, 0) is 17.0 Å². The number of hydrogen-bond donors (Lipinski definition) is 2. The minimum Gasteiger partial charge on any atom is -0.483 e. The number of amides is 2. The van der Waals surface area contributed by atoms with E-state index < -0.39 is 5.91 Å². The van der Waals surface area contributed by atoms with Gasteiger partial charge in [0.15, 0.2) is 6.61 Å². The Labute approximate surface area is 178 Å². The van der Waals surface area contributed by atoms with E-state index in [0.29, 0.717) is 11.3 Å². The fraction of sp³-hybridized carbons (Fsp3) is 0.182. The van der Waals surface area contributed by atoms with Gasteiger partial charge in [-0.15, -0.1) is 23.1 Å². The third-order valence-electron chi connectivity index (χ3n) is 4.11. The van der Waals surface area contributed by atoms with Crippen LogP contribution in [-0.4, -0.2) is 18.4 Å². The molecule has 0 bridgehead atoms. The largest absolute Gasteiger partial charge is 0.483 e. The van der Waals surface area contributed by atoms with E-state index in [-0.39, 0.29) is 12.5 Å². The molecule has 0 radical (unpaired) electrons. The summed E-state index contributed by atoms with van der Waals surface area (Å²) in [5.74, 6) is 0.681. The zero-order valence-electron chi connectivity index (χ0n) is 16.0. The van der Waals surface area contributed by atoms with Crippen LogP contribution in [0.3, 0.4) is 0 Å². The first-order chi connectivity index (χ1) is 14.2. The molecule has 0 saturated heterocycles. The van der Waals surface area contributed by atoms with Gasteiger partial charge in [-0.25, -0.2) is 0 Å². The van der Waals surface area contributed by atoms with Crippen LogP contribution < -0.4 is 15.6 Å². The maximum atomic E-state index is 12.5. The molecule has 3 aromatic rings. The molecular weight excluding hydrogens is 404 g/mol. The fourth-order valence-electron chi connectivity index (χ4n) is 2.63. The number of para-hydroxylation sites is 1. The summed E-state index contributed by atoms with van der Waals surface area (Å²) in [6, 6.07) is 19.0. The molecule has 0 aliphatic heterocycles. The predicted octanol–water partition coefficient (Wildman–Crippen LogP) is 4.44. The molecule has 7 heteroatoms. The van der Waals surface area contributed by atoms with Crippen LogP contribution in [0.4, 0.5) is 0 Å². The van der Waals surface area contributed by atoms with Crippen molar-refractivity contribution in [2.45, 2.75) is 24.0 Å². The highest BCUT2D eigenvalue weighted by Gasteiger charge is 2.13. The van der Waals surface area contributed by atoms with E-state index in [2.05, 4.69) is 16.9 Å². The maximum Gasteiger partial charge on any atom is 0.276 e. The smallest absolute Gasteiger partial charge is 0.276 e. The van der Waals surface area contributed by atoms with Gasteiger partial charge in [-0.05, 0) is 41.6 Å². The Kier molecular flexibility index (Phi) is 7.72. The zero-order valence-corrected chi connectivity index (χ0v) is 17.6. The van der Waals surface area contributed by atoms with E-state index in [9.17, 15) is 9.59 Å². The molecule has 2 aromatic carbocycles. The van der Waals surface area contributed by atoms with E-state index in [4.69, 9.17) is 4.74 Å². The van der Waals surface area contributed by atoms with Crippen LogP contribution in [0.5, 0.6) is 5.75 Å². The Morgan fingerprint density at radius 1 is 1.00 bits per heavy atom. The number of carbonyl (C=O) groups is 2. The number of thioether (sulfide) groups is 1. The fourth-order valence-corrected chi connectivity index (χ4v) is 4.46. The number of rotatable bonds is 8. The molecule has 3 rings (SSSR count). The molecule has 1 aromatic heterocycles. The van der Waals surface area contributed by atoms with E-state index in [1.165, 1.54) is 4.88 Å². The number of carbonyl (C=O) groups excluding carboxylic acids is 2. The van der Waals surface area contributed by atoms with Crippen molar-refractivity contribution in [2.75, 3.05) is 6.61 Å². The van der Waals surface area contributed by atoms with Crippen molar-refractivity contribution in [1.29, 1.82) is 0 Å². The van der Waals surface area contributed by atoms with Crippen LogP contribution in [0.2, 0.25) is 0 Å². The number of thiophene rings is 1. The molecule has 0 fully saturated rings. The lowest BCUT2D eigenvalue weighted by Crippen LogP contribution is -2.44. The van der Waals surface area contributed by atoms with Crippen LogP contribution in [0.25, 0.3) is 0 Å². The first-order valence-electron chi connectivity index (χ1n) is 9.21. The summed E-state index contributed by atoms with van der Waals surface area (Å²) in [6.07, 6.45) is 0.814. The lowest BCUT2D eigenvalue weighted by molar-refractivity contribution is -0.123. The number of hydrogen-bond acceptors (Lipinski definition) is 5. The summed E-state index contributed by atoms with van der Waals surface area (Å²) in [4.78, 5) is 26.7. The highest BCUT2D eigenvalue weighted by atomic mass is 32.2. The van der Waals surface area contributed by atoms with Gasteiger partial charge in [0.05, 0.1) is 5.56 Å². The second kappa shape index (κ2) is 10.7. The molecule has 2 N–H and O–H groups in total. The summed E-state index contributed by atoms with van der Waals surface area (Å²) in [6.45, 7) is 1.85. The topological polar surface area (TPSA) is 67.4 Å². The molecule has 29 heavy (non-hydrogen) atoms. The SMILES string of the molecule is CCc1ccccc1OCC(=O)NNC(=O)c1ccccc1SCc1cccs1. The van der Waals surface area contributed by atoms with Gasteiger partial charge >= 0.3 is 0 Å². The highest BCUT2D eigenvalue weighted by Crippen LogP contribution is 2.27. The molecule has 0 saturated carbocycles. The third-order valence-corrected chi connectivity index (χ3v) is 6.29. The van der Waals surface area contributed by atoms with Crippen molar-refractivity contribution in [3.05, 3.63) is 82.0 Å². The summed E-state index contributed by atoms with van der Waals surface area (Å²) >= 11 is 3.28. The van der Waals surface area contributed by atoms with Crippen LogP contribution in [0, 0.1) is 0 Å². The van der Waals surface area contributed by atoms with Gasteiger partial charge in [-0.1, -0.05) is 43.3 Å². The monoisotopic (exact) mass is 426 g/mol. The van der Waals surface area contributed by atoms with Gasteiger partial charge in [-0.3, -0.25) is 20.4 Å². The van der Waals surface area contributed by atoms with E-state index in [1.807, 2.05) is 54.8 Å². The lowest BCUT2D eigenvalue weighted by atomic mass is 10.1. The minimum absolute atomic E-state index is 0.175. The quantitative estimate of drug-likeness (QED) is 0.413. The Morgan fingerprint density at radius 2 is 1.79 bits per heavy atom. The van der Waals surface area contributed by atoms with Gasteiger partial charge in [-0.2, -0.15) is 0 Å². The summed E-state index contributed by atoms with van der Waals surface area (Å²) < 4.78 is 5.57. The predicted molar refractivity (Wildman–Crippen MR) is 117 cm³/mol. The van der Waals surface area contributed by atoms with Gasteiger partial charge in [0.25, 0.3) is 11.8 Å². The minimum atomic E-state index is -0.423. The molecule has 0 spiro atoms. The Hall–Kier alpha value is -2.77. The average molecular weight is 427 g/mol. The second-order valence-corrected chi connectivity index (χ2v) is 8.17. The zero-order chi connectivity index (χ0) is 20.5. The number of ether oxygens (including phenoxy) is 1. The normalized spacial score (nSPS) is 10.4. The summed E-state index contributed by atoms with van der Waals surface area (Å²) in [7, 11) is 0. The number of nitrogens with one attached hydrogen (secondary N) is 2. The van der Waals surface area contributed by atoms with Crippen molar-refractivity contribution in [1.82, 2.24) is 10.9 Å². The maximum absolute atomic E-state index is 12.5. The average Bonchev–Trinajstić information content (AvgIpc) is 3.28. The van der Waals surface area contributed by atoms with Crippen molar-refractivity contribution < 1.29 is 14.3 Å². The van der Waals surface area contributed by atoms with Crippen molar-refractivity contribution in [3.63, 3.8) is 0 Å². The van der Waals surface area contributed by atoms with Crippen molar-refractivity contribution >= 4 is 34.9 Å². The van der Waals surface area contributed by atoms with Crippen molar-refractivity contribution in [2.24, 2.45) is 0 Å². The molecule has 5 nitrogen and oxygen atoms in total. The molecule has 150 valence electrons. The van der Waals surface area contributed by atoms with Crippen LogP contribution >= 0.6 is 23.1 Å². The highest BCUT2D eigenvalue weighted by molar-refractivity contribution is 7.98. The summed E-state index contributed by atoms with van der Waals surface area (Å²) in [5.41, 5.74) is 6.43. The Bertz CT molecular complexity index is 958. The molecular formula is C22H22N2O3S2. The standard InChI is InChI=1S/C22H22N2O3S2/c1-2-16-8-3-5-11-19(16)27-14-21(25)23-24-22(26)18-10-4-6-12-20(18)29-15-17-9-7-13-28-17/h3-13H,2,14-15H2,1H3,(H,23,25)(H,24,26). The Balaban J connectivity index is 1.52. The van der Waals surface area contributed by atoms with E-state index in [1.54, 1.807) is 35.2 Å². The molecule has 0 aliphatic carbocycles. The first-order valence-corrected chi connectivity index (χ1v) is 11.1. The number of hydrazine groups is 1. The molecule has 2 amide bonds. The Morgan fingerprint density at radius 3 is 2.59 bits per heavy atom. The van der Waals surface area contributed by atoms with Gasteiger partial charge in [0.1, 0.15) is 5.75 Å². The van der Waals surface area contributed by atoms with E-state index >= 15 is 0 Å². The molecule has 1 heterocycles. The number of benzene rings is 2. The van der Waals surface area contributed by atoms with Gasteiger partial charge in [0, 0.05) is 15.5 Å². The van der Waals surface area contributed by atoms with Crippen molar-refractivity contribution in [3.8, 4) is 5.75 Å². The van der Waals surface area contributed by atoms with Gasteiger partial charge < -0.3 is 4.74 Å². The third kappa shape index (κ3) is 6.10. The van der Waals surface area contributed by atoms with Gasteiger partial charge in [0.2, 0.25) is 0 Å². The summed E-state index contributed by atoms with van der Waals surface area (Å²) in [5, 5.41) is 2.03. The molecule has 0 atom stereocenters. The lowest BCUT2D eigenvalue weighted by Gasteiger charge is -2.12. The van der Waals surface area contributed by atoms with E-state index in [0.717, 1.165) is 22.6 Å². The number of aryl methyl sites for hydroxylation is 1.